The van der Waals surface area contributed by atoms with Gasteiger partial charge in [-0.2, -0.15) is 0 Å². The molecular formula is C20H20Cr. The van der Waals surface area contributed by atoms with Crippen molar-refractivity contribution in [1.82, 2.24) is 0 Å². The van der Waals surface area contributed by atoms with Crippen LogP contribution in [0.1, 0.15) is 22.3 Å². The largest absolute Gasteiger partial charge is 0.0985 e. The van der Waals surface area contributed by atoms with E-state index in [2.05, 4.69) is 26.3 Å². The molecular weight excluding hydrogens is 292 g/mol. The van der Waals surface area contributed by atoms with Crippen molar-refractivity contribution in [2.24, 2.45) is 0 Å². The fraction of sp³-hybridized carbons (Fsp3) is 0. The molecule has 0 nitrogen and oxygen atoms in total. The first-order valence-electron chi connectivity index (χ1n) is 6.43. The predicted octanol–water partition coefficient (Wildman–Crippen LogP) is 5.94. The summed E-state index contributed by atoms with van der Waals surface area (Å²) in [5.41, 5.74) is 4.55. The first-order valence-corrected chi connectivity index (χ1v) is 6.43. The number of hydrogen-bond acceptors (Lipinski definition) is 0. The molecule has 106 valence electrons. The van der Waals surface area contributed by atoms with Gasteiger partial charge in [0.15, 0.2) is 0 Å². The Morgan fingerprint density at radius 2 is 0.762 bits per heavy atom. The molecule has 0 amide bonds. The summed E-state index contributed by atoms with van der Waals surface area (Å²) in [6.45, 7) is 14.7. The summed E-state index contributed by atoms with van der Waals surface area (Å²) < 4.78 is 0. The summed E-state index contributed by atoms with van der Waals surface area (Å²) in [6.07, 6.45) is 7.31. The first kappa shape index (κ1) is 18.9. The number of hydrogen-bond donors (Lipinski definition) is 0. The van der Waals surface area contributed by atoms with Crippen LogP contribution < -0.4 is 0 Å². The maximum Gasteiger partial charge on any atom is 0 e. The van der Waals surface area contributed by atoms with E-state index >= 15 is 0 Å². The van der Waals surface area contributed by atoms with Crippen LogP contribution in [0.4, 0.5) is 0 Å². The second-order valence-electron chi connectivity index (χ2n) is 4.16. The van der Waals surface area contributed by atoms with Crippen molar-refractivity contribution in [2.45, 2.75) is 0 Å². The summed E-state index contributed by atoms with van der Waals surface area (Å²) in [4.78, 5) is 0. The van der Waals surface area contributed by atoms with Crippen molar-refractivity contribution in [3.63, 3.8) is 0 Å². The molecule has 0 N–H and O–H groups in total. The van der Waals surface area contributed by atoms with E-state index in [0.717, 1.165) is 22.3 Å². The third-order valence-corrected chi connectivity index (χ3v) is 2.76. The van der Waals surface area contributed by atoms with Crippen molar-refractivity contribution in [3.05, 3.63) is 97.1 Å². The molecule has 0 aliphatic heterocycles. The van der Waals surface area contributed by atoms with E-state index in [1.165, 1.54) is 0 Å². The smallest absolute Gasteiger partial charge is 0 e. The molecule has 0 fully saturated rings. The molecule has 0 radical (unpaired) electrons. The topological polar surface area (TPSA) is 0 Å². The molecule has 0 spiro atoms. The Hall–Kier alpha value is -2.07. The van der Waals surface area contributed by atoms with Gasteiger partial charge in [-0.15, -0.1) is 0 Å². The minimum atomic E-state index is 0. The van der Waals surface area contributed by atoms with E-state index in [9.17, 15) is 0 Å². The summed E-state index contributed by atoms with van der Waals surface area (Å²) in [5.74, 6) is 0. The molecule has 0 aliphatic carbocycles. The van der Waals surface area contributed by atoms with Gasteiger partial charge < -0.3 is 0 Å². The van der Waals surface area contributed by atoms with Gasteiger partial charge in [0.05, 0.1) is 0 Å². The molecule has 21 heavy (non-hydrogen) atoms. The SMILES string of the molecule is C=Cc1cccc(C=C)c1.C=Cc1cccc(C=C)c1.[Cr]. The molecule has 1 heteroatoms. The Labute approximate surface area is 139 Å². The minimum absolute atomic E-state index is 0. The van der Waals surface area contributed by atoms with Crippen LogP contribution in [0.25, 0.3) is 24.3 Å². The monoisotopic (exact) mass is 312 g/mol. The van der Waals surface area contributed by atoms with Gasteiger partial charge in [-0.1, -0.05) is 87.0 Å². The van der Waals surface area contributed by atoms with E-state index in [-0.39, 0.29) is 17.4 Å². The van der Waals surface area contributed by atoms with Crippen LogP contribution in [-0.4, -0.2) is 0 Å². The Kier molecular flexibility index (Phi) is 9.64. The molecule has 2 rings (SSSR count). The predicted molar refractivity (Wildman–Crippen MR) is 93.2 cm³/mol. The first-order chi connectivity index (χ1) is 9.73. The van der Waals surface area contributed by atoms with Crippen LogP contribution in [0.15, 0.2) is 74.8 Å². The maximum atomic E-state index is 3.67. The van der Waals surface area contributed by atoms with Crippen molar-refractivity contribution >= 4 is 24.3 Å². The van der Waals surface area contributed by atoms with Gasteiger partial charge in [-0.3, -0.25) is 0 Å². The third kappa shape index (κ3) is 6.77. The van der Waals surface area contributed by atoms with Crippen LogP contribution in [-0.2, 0) is 17.4 Å². The van der Waals surface area contributed by atoms with Gasteiger partial charge in [0.2, 0.25) is 0 Å². The van der Waals surface area contributed by atoms with Crippen LogP contribution in [0.3, 0.4) is 0 Å². The summed E-state index contributed by atoms with van der Waals surface area (Å²) in [7, 11) is 0. The molecule has 2 aromatic rings. The third-order valence-electron chi connectivity index (χ3n) is 2.76. The fourth-order valence-electron chi connectivity index (χ4n) is 1.63. The van der Waals surface area contributed by atoms with Crippen LogP contribution in [0.2, 0.25) is 0 Å². The summed E-state index contributed by atoms with van der Waals surface area (Å²) in [5, 5.41) is 0. The Morgan fingerprint density at radius 3 is 0.952 bits per heavy atom. The average Bonchev–Trinajstić information content (AvgIpc) is 2.55. The van der Waals surface area contributed by atoms with Crippen molar-refractivity contribution < 1.29 is 17.4 Å². The minimum Gasteiger partial charge on any atom is -0.0985 e. The molecule has 0 aliphatic rings. The average molecular weight is 312 g/mol. The van der Waals surface area contributed by atoms with Crippen molar-refractivity contribution in [1.29, 1.82) is 0 Å². The van der Waals surface area contributed by atoms with Gasteiger partial charge in [0.1, 0.15) is 0 Å². The van der Waals surface area contributed by atoms with Gasteiger partial charge in [-0.05, 0) is 34.4 Å². The van der Waals surface area contributed by atoms with Crippen LogP contribution in [0.5, 0.6) is 0 Å². The molecule has 0 atom stereocenters. The van der Waals surface area contributed by atoms with Gasteiger partial charge in [0, 0.05) is 17.4 Å². The Morgan fingerprint density at radius 1 is 0.524 bits per heavy atom. The summed E-state index contributed by atoms with van der Waals surface area (Å²) >= 11 is 0. The van der Waals surface area contributed by atoms with E-state index in [4.69, 9.17) is 0 Å². The molecule has 0 unspecified atom stereocenters. The number of benzene rings is 2. The Balaban J connectivity index is 0.000000364. The zero-order valence-corrected chi connectivity index (χ0v) is 13.4. The molecule has 0 bridgehead atoms. The van der Waals surface area contributed by atoms with Gasteiger partial charge in [0.25, 0.3) is 0 Å². The number of rotatable bonds is 4. The summed E-state index contributed by atoms with van der Waals surface area (Å²) in [6, 6.07) is 16.1. The van der Waals surface area contributed by atoms with E-state index < -0.39 is 0 Å². The van der Waals surface area contributed by atoms with Gasteiger partial charge in [-0.25, -0.2) is 0 Å². The quantitative estimate of drug-likeness (QED) is 0.655. The maximum absolute atomic E-state index is 3.67. The van der Waals surface area contributed by atoms with E-state index in [1.54, 1.807) is 0 Å². The van der Waals surface area contributed by atoms with Crippen molar-refractivity contribution in [3.8, 4) is 0 Å². The van der Waals surface area contributed by atoms with E-state index in [0.29, 0.717) is 0 Å². The normalized spacial score (nSPS) is 8.38. The molecule has 2 aromatic carbocycles. The van der Waals surface area contributed by atoms with Gasteiger partial charge >= 0.3 is 0 Å². The van der Waals surface area contributed by atoms with E-state index in [1.807, 2.05) is 72.8 Å². The van der Waals surface area contributed by atoms with Crippen LogP contribution in [0, 0.1) is 0 Å². The zero-order valence-electron chi connectivity index (χ0n) is 12.2. The zero-order chi connectivity index (χ0) is 14.8. The molecule has 0 heterocycles. The second-order valence-corrected chi connectivity index (χ2v) is 4.16. The molecule has 0 aromatic heterocycles. The molecule has 0 saturated heterocycles. The standard InChI is InChI=1S/2C10H10.Cr/c2*1-3-9-6-5-7-10(4-2)8-9;/h2*3-8H,1-2H2;. The molecule has 0 saturated carbocycles. The van der Waals surface area contributed by atoms with Crippen molar-refractivity contribution in [2.75, 3.05) is 0 Å². The fourth-order valence-corrected chi connectivity index (χ4v) is 1.63. The van der Waals surface area contributed by atoms with Crippen LogP contribution >= 0.6 is 0 Å². The Bertz CT molecular complexity index is 507. The second kappa shape index (κ2) is 10.7.